The lowest BCUT2D eigenvalue weighted by Gasteiger charge is -2.24. The van der Waals surface area contributed by atoms with E-state index in [2.05, 4.69) is 5.32 Å². The fourth-order valence-electron chi connectivity index (χ4n) is 1.65. The summed E-state index contributed by atoms with van der Waals surface area (Å²) < 4.78 is 5.18. The molecule has 3 N–H and O–H groups in total. The first-order valence-corrected chi connectivity index (χ1v) is 6.54. The van der Waals surface area contributed by atoms with Crippen LogP contribution in [-0.2, 0) is 9.53 Å². The van der Waals surface area contributed by atoms with Crippen molar-refractivity contribution in [2.24, 2.45) is 5.73 Å². The van der Waals surface area contributed by atoms with Crippen molar-refractivity contribution < 1.29 is 14.3 Å². The van der Waals surface area contributed by atoms with Crippen LogP contribution in [0.25, 0.3) is 0 Å². The maximum atomic E-state index is 12.1. The molecule has 1 aromatic rings. The number of carbonyl (C=O) groups excluding carboxylic acids is 2. The number of amides is 1. The van der Waals surface area contributed by atoms with Gasteiger partial charge in [-0.05, 0) is 33.3 Å². The molecule has 0 bridgehead atoms. The van der Waals surface area contributed by atoms with Crippen molar-refractivity contribution >= 4 is 11.9 Å². The first-order chi connectivity index (χ1) is 9.20. The van der Waals surface area contributed by atoms with Gasteiger partial charge < -0.3 is 15.8 Å². The topological polar surface area (TPSA) is 81.4 Å². The number of hydrogen-bond acceptors (Lipinski definition) is 4. The molecule has 0 heterocycles. The van der Waals surface area contributed by atoms with Gasteiger partial charge in [-0.15, -0.1) is 0 Å². The quantitative estimate of drug-likeness (QED) is 0.884. The zero-order chi connectivity index (χ0) is 15.3. The fourth-order valence-corrected chi connectivity index (χ4v) is 1.65. The van der Waals surface area contributed by atoms with Crippen molar-refractivity contribution in [3.8, 4) is 0 Å². The van der Waals surface area contributed by atoms with Crippen LogP contribution in [0.1, 0.15) is 39.3 Å². The van der Waals surface area contributed by atoms with Crippen molar-refractivity contribution in [3.05, 3.63) is 35.9 Å². The number of Topliss-reactive ketones (excluding diaryl/α,β-unsaturated/α-hetero) is 1. The number of hydrogen-bond donors (Lipinski definition) is 2. The van der Waals surface area contributed by atoms with E-state index in [-0.39, 0.29) is 5.78 Å². The van der Waals surface area contributed by atoms with Gasteiger partial charge in [-0.25, -0.2) is 4.79 Å². The first-order valence-electron chi connectivity index (χ1n) is 6.54. The molecule has 0 aliphatic heterocycles. The molecule has 0 fully saturated rings. The maximum Gasteiger partial charge on any atom is 0.408 e. The highest BCUT2D eigenvalue weighted by molar-refractivity contribution is 5.92. The van der Waals surface area contributed by atoms with Crippen LogP contribution in [0.2, 0.25) is 0 Å². The largest absolute Gasteiger partial charge is 0.444 e. The number of nitrogens with one attached hydrogen (secondary N) is 1. The van der Waals surface area contributed by atoms with Gasteiger partial charge in [-0.1, -0.05) is 30.3 Å². The third kappa shape index (κ3) is 5.01. The molecule has 2 atom stereocenters. The fraction of sp³-hybridized carbons (Fsp3) is 0.467. The summed E-state index contributed by atoms with van der Waals surface area (Å²) in [6.45, 7) is 6.88. The van der Waals surface area contributed by atoms with E-state index in [0.717, 1.165) is 0 Å². The van der Waals surface area contributed by atoms with E-state index < -0.39 is 23.8 Å². The molecule has 0 saturated heterocycles. The standard InChI is InChI=1S/C15H22N2O3/c1-10(16)13(18)12(11-8-6-5-7-9-11)17-14(19)20-15(2,3)4/h5-10,12H,16H2,1-4H3,(H,17,19). The number of carbonyl (C=O) groups is 2. The molecule has 0 spiro atoms. The average Bonchev–Trinajstić information content (AvgIpc) is 2.34. The first kappa shape index (κ1) is 16.2. The van der Waals surface area contributed by atoms with Crippen LogP contribution in [0.5, 0.6) is 0 Å². The van der Waals surface area contributed by atoms with Gasteiger partial charge >= 0.3 is 6.09 Å². The monoisotopic (exact) mass is 278 g/mol. The van der Waals surface area contributed by atoms with Crippen LogP contribution in [0.15, 0.2) is 30.3 Å². The molecule has 1 amide bonds. The summed E-state index contributed by atoms with van der Waals surface area (Å²) in [5.41, 5.74) is 5.69. The molecule has 20 heavy (non-hydrogen) atoms. The van der Waals surface area contributed by atoms with E-state index in [0.29, 0.717) is 5.56 Å². The highest BCUT2D eigenvalue weighted by Crippen LogP contribution is 2.16. The maximum absolute atomic E-state index is 12.1. The second kappa shape index (κ2) is 6.52. The van der Waals surface area contributed by atoms with Crippen molar-refractivity contribution in [1.82, 2.24) is 5.32 Å². The Morgan fingerprint density at radius 1 is 1.20 bits per heavy atom. The Balaban J connectivity index is 2.90. The van der Waals surface area contributed by atoms with E-state index in [1.807, 2.05) is 6.07 Å². The predicted octanol–water partition coefficient (Wildman–Crippen LogP) is 2.17. The van der Waals surface area contributed by atoms with Gasteiger partial charge in [0.15, 0.2) is 5.78 Å². The van der Waals surface area contributed by atoms with Gasteiger partial charge in [0.25, 0.3) is 0 Å². The minimum atomic E-state index is -0.800. The predicted molar refractivity (Wildman–Crippen MR) is 77.2 cm³/mol. The second-order valence-electron chi connectivity index (χ2n) is 5.68. The van der Waals surface area contributed by atoms with Crippen molar-refractivity contribution in [2.75, 3.05) is 0 Å². The Hall–Kier alpha value is -1.88. The third-order valence-electron chi connectivity index (χ3n) is 2.53. The van der Waals surface area contributed by atoms with Crippen LogP contribution >= 0.6 is 0 Å². The Bertz CT molecular complexity index is 464. The Labute approximate surface area is 119 Å². The highest BCUT2D eigenvalue weighted by atomic mass is 16.6. The van der Waals surface area contributed by atoms with E-state index in [1.54, 1.807) is 52.0 Å². The minimum absolute atomic E-state index is 0.262. The lowest BCUT2D eigenvalue weighted by molar-refractivity contribution is -0.122. The summed E-state index contributed by atoms with van der Waals surface area (Å²) >= 11 is 0. The summed E-state index contributed by atoms with van der Waals surface area (Å²) in [4.78, 5) is 24.0. The van der Waals surface area contributed by atoms with Crippen molar-refractivity contribution in [1.29, 1.82) is 0 Å². The van der Waals surface area contributed by atoms with Crippen LogP contribution in [0.4, 0.5) is 4.79 Å². The molecule has 0 aliphatic rings. The Kier molecular flexibility index (Phi) is 5.27. The molecule has 110 valence electrons. The number of benzene rings is 1. The number of alkyl carbamates (subject to hydrolysis) is 1. The highest BCUT2D eigenvalue weighted by Gasteiger charge is 2.27. The lowest BCUT2D eigenvalue weighted by Crippen LogP contribution is -2.43. The van der Waals surface area contributed by atoms with Crippen LogP contribution < -0.4 is 11.1 Å². The summed E-state index contributed by atoms with van der Waals surface area (Å²) in [6.07, 6.45) is -0.639. The Morgan fingerprint density at radius 2 is 1.75 bits per heavy atom. The SMILES string of the molecule is CC(N)C(=O)C(NC(=O)OC(C)(C)C)c1ccccc1. The molecular formula is C15H22N2O3. The molecule has 0 saturated carbocycles. The molecule has 1 rings (SSSR count). The third-order valence-corrected chi connectivity index (χ3v) is 2.53. The lowest BCUT2D eigenvalue weighted by atomic mass is 9.99. The summed E-state index contributed by atoms with van der Waals surface area (Å²) in [6, 6.07) is 7.50. The molecule has 5 nitrogen and oxygen atoms in total. The van der Waals surface area contributed by atoms with Gasteiger partial charge in [0.1, 0.15) is 11.6 Å². The zero-order valence-electron chi connectivity index (χ0n) is 12.3. The van der Waals surface area contributed by atoms with Gasteiger partial charge in [0, 0.05) is 0 Å². The number of rotatable bonds is 4. The smallest absolute Gasteiger partial charge is 0.408 e. The van der Waals surface area contributed by atoms with Crippen LogP contribution in [0.3, 0.4) is 0 Å². The average molecular weight is 278 g/mol. The van der Waals surface area contributed by atoms with Crippen LogP contribution in [0, 0.1) is 0 Å². The Morgan fingerprint density at radius 3 is 2.20 bits per heavy atom. The normalized spacial score (nSPS) is 14.2. The van der Waals surface area contributed by atoms with E-state index in [4.69, 9.17) is 10.5 Å². The number of nitrogens with two attached hydrogens (primary N) is 1. The van der Waals surface area contributed by atoms with E-state index in [9.17, 15) is 9.59 Å². The molecule has 0 aromatic heterocycles. The second-order valence-corrected chi connectivity index (χ2v) is 5.68. The molecule has 0 aliphatic carbocycles. The number of ether oxygens (including phenoxy) is 1. The van der Waals surface area contributed by atoms with Crippen molar-refractivity contribution in [2.45, 2.75) is 45.4 Å². The van der Waals surface area contributed by atoms with Gasteiger partial charge in [0.05, 0.1) is 6.04 Å². The molecular weight excluding hydrogens is 256 g/mol. The van der Waals surface area contributed by atoms with E-state index in [1.165, 1.54) is 0 Å². The van der Waals surface area contributed by atoms with Gasteiger partial charge in [-0.2, -0.15) is 0 Å². The van der Waals surface area contributed by atoms with Crippen molar-refractivity contribution in [3.63, 3.8) is 0 Å². The summed E-state index contributed by atoms with van der Waals surface area (Å²) in [5, 5.41) is 2.58. The summed E-state index contributed by atoms with van der Waals surface area (Å²) in [5.74, 6) is -0.262. The molecule has 5 heteroatoms. The molecule has 2 unspecified atom stereocenters. The molecule has 0 radical (unpaired) electrons. The zero-order valence-corrected chi connectivity index (χ0v) is 12.3. The van der Waals surface area contributed by atoms with Gasteiger partial charge in [0.2, 0.25) is 0 Å². The minimum Gasteiger partial charge on any atom is -0.444 e. The summed E-state index contributed by atoms with van der Waals surface area (Å²) in [7, 11) is 0. The molecule has 1 aromatic carbocycles. The van der Waals surface area contributed by atoms with Gasteiger partial charge in [-0.3, -0.25) is 4.79 Å². The van der Waals surface area contributed by atoms with E-state index >= 15 is 0 Å². The van der Waals surface area contributed by atoms with Crippen LogP contribution in [-0.4, -0.2) is 23.5 Å². The number of ketones is 1.